The molecule has 6 nitrogen and oxygen atoms in total. The fraction of sp³-hybridized carbons (Fsp3) is 0.529. The van der Waals surface area contributed by atoms with Crippen molar-refractivity contribution in [3.63, 3.8) is 0 Å². The third-order valence-corrected chi connectivity index (χ3v) is 4.63. The molecule has 0 aliphatic carbocycles. The summed E-state index contributed by atoms with van der Waals surface area (Å²) in [4.78, 5) is 15.0. The van der Waals surface area contributed by atoms with E-state index in [4.69, 9.17) is 9.26 Å². The highest BCUT2D eigenvalue weighted by Gasteiger charge is 2.34. The molecule has 0 spiro atoms. The van der Waals surface area contributed by atoms with E-state index in [1.54, 1.807) is 0 Å². The molecule has 3 rings (SSSR count). The van der Waals surface area contributed by atoms with Crippen LogP contribution in [0.1, 0.15) is 41.6 Å². The van der Waals surface area contributed by atoms with Crippen molar-refractivity contribution in [2.75, 3.05) is 19.8 Å². The predicted octanol–water partition coefficient (Wildman–Crippen LogP) is 2.33. The molecule has 1 aliphatic rings. The monoisotopic (exact) mass is 317 g/mol. The van der Waals surface area contributed by atoms with E-state index in [0.717, 1.165) is 17.0 Å². The molecule has 6 heteroatoms. The van der Waals surface area contributed by atoms with Gasteiger partial charge in [-0.05, 0) is 32.9 Å². The Bertz CT molecular complexity index is 684. The van der Waals surface area contributed by atoms with Crippen molar-refractivity contribution >= 4 is 5.91 Å². The van der Waals surface area contributed by atoms with Gasteiger partial charge in [0.05, 0.1) is 30.9 Å². The zero-order valence-corrected chi connectivity index (χ0v) is 14.1. The van der Waals surface area contributed by atoms with Crippen molar-refractivity contribution in [3.05, 3.63) is 41.0 Å². The van der Waals surface area contributed by atoms with Gasteiger partial charge in [0.1, 0.15) is 5.76 Å². The third-order valence-electron chi connectivity index (χ3n) is 4.63. The number of rotatable bonds is 3. The number of hydrogen-bond donors (Lipinski definition) is 0. The highest BCUT2D eigenvalue weighted by molar-refractivity contribution is 5.84. The Morgan fingerprint density at radius 2 is 2.22 bits per heavy atom. The minimum Gasteiger partial charge on any atom is -0.377 e. The largest absolute Gasteiger partial charge is 0.377 e. The van der Waals surface area contributed by atoms with Crippen LogP contribution < -0.4 is 0 Å². The van der Waals surface area contributed by atoms with Gasteiger partial charge in [0.2, 0.25) is 5.91 Å². The van der Waals surface area contributed by atoms with E-state index < -0.39 is 0 Å². The minimum absolute atomic E-state index is 0.0563. The molecule has 0 N–H and O–H groups in total. The van der Waals surface area contributed by atoms with Crippen molar-refractivity contribution in [1.82, 2.24) is 14.6 Å². The molecule has 2 aromatic heterocycles. The summed E-state index contributed by atoms with van der Waals surface area (Å²) < 4.78 is 12.9. The molecule has 3 heterocycles. The van der Waals surface area contributed by atoms with Gasteiger partial charge in [-0.15, -0.1) is 0 Å². The number of amides is 1. The zero-order valence-electron chi connectivity index (χ0n) is 14.1. The molecule has 1 amide bonds. The number of morpholine rings is 1. The van der Waals surface area contributed by atoms with Crippen LogP contribution in [0.2, 0.25) is 0 Å². The Kier molecular flexibility index (Phi) is 4.26. The topological polar surface area (TPSA) is 60.5 Å². The maximum Gasteiger partial charge on any atom is 0.230 e. The highest BCUT2D eigenvalue weighted by Crippen LogP contribution is 2.30. The molecule has 0 radical (unpaired) electrons. The van der Waals surface area contributed by atoms with E-state index >= 15 is 0 Å². The standard InChI is InChI=1S/C17H23N3O3/c1-11(16-12(2)18-23-13(16)3)17(21)20-8-9-22-10-15(20)14-6-5-7-19(14)4/h5-7,11,15H,8-10H2,1-4H3. The number of aryl methyl sites for hydroxylation is 3. The van der Waals surface area contributed by atoms with Gasteiger partial charge < -0.3 is 18.7 Å². The maximum atomic E-state index is 13.1. The van der Waals surface area contributed by atoms with Crippen LogP contribution in [0.15, 0.2) is 22.9 Å². The first-order valence-electron chi connectivity index (χ1n) is 7.93. The summed E-state index contributed by atoms with van der Waals surface area (Å²) >= 11 is 0. The second-order valence-corrected chi connectivity index (χ2v) is 6.13. The van der Waals surface area contributed by atoms with Crippen molar-refractivity contribution < 1.29 is 14.1 Å². The molecule has 1 fully saturated rings. The van der Waals surface area contributed by atoms with Gasteiger partial charge in [-0.2, -0.15) is 0 Å². The zero-order chi connectivity index (χ0) is 16.6. The van der Waals surface area contributed by atoms with Crippen LogP contribution in [-0.2, 0) is 16.6 Å². The number of carbonyl (C=O) groups excluding carboxylic acids is 1. The van der Waals surface area contributed by atoms with Crippen LogP contribution in [0, 0.1) is 13.8 Å². The minimum atomic E-state index is -0.276. The molecular weight excluding hydrogens is 294 g/mol. The molecule has 2 atom stereocenters. The molecule has 1 saturated heterocycles. The Labute approximate surface area is 136 Å². The number of hydrogen-bond acceptors (Lipinski definition) is 4. The van der Waals surface area contributed by atoms with Gasteiger partial charge in [-0.1, -0.05) is 5.16 Å². The first kappa shape index (κ1) is 15.8. The van der Waals surface area contributed by atoms with E-state index in [1.807, 2.05) is 55.6 Å². The molecule has 0 aromatic carbocycles. The number of aromatic nitrogens is 2. The summed E-state index contributed by atoms with van der Waals surface area (Å²) in [7, 11) is 1.99. The van der Waals surface area contributed by atoms with Gasteiger partial charge in [-0.3, -0.25) is 4.79 Å². The van der Waals surface area contributed by atoms with Crippen molar-refractivity contribution in [2.45, 2.75) is 32.7 Å². The van der Waals surface area contributed by atoms with Crippen molar-refractivity contribution in [3.8, 4) is 0 Å². The van der Waals surface area contributed by atoms with Crippen molar-refractivity contribution in [2.24, 2.45) is 7.05 Å². The van der Waals surface area contributed by atoms with Gasteiger partial charge in [0.15, 0.2) is 0 Å². The SMILES string of the molecule is Cc1noc(C)c1C(C)C(=O)N1CCOCC1c1cccn1C. The fourth-order valence-electron chi connectivity index (χ4n) is 3.41. The lowest BCUT2D eigenvalue weighted by Gasteiger charge is -2.37. The van der Waals surface area contributed by atoms with Crippen molar-refractivity contribution in [1.29, 1.82) is 0 Å². The summed E-state index contributed by atoms with van der Waals surface area (Å²) in [6.45, 7) is 7.35. The van der Waals surface area contributed by atoms with Gasteiger partial charge in [0, 0.05) is 31.0 Å². The van der Waals surface area contributed by atoms with E-state index in [1.165, 1.54) is 0 Å². The Morgan fingerprint density at radius 1 is 1.43 bits per heavy atom. The number of nitrogens with zero attached hydrogens (tertiary/aromatic N) is 3. The van der Waals surface area contributed by atoms with E-state index in [2.05, 4.69) is 5.16 Å². The molecule has 23 heavy (non-hydrogen) atoms. The molecule has 2 aromatic rings. The Hall–Kier alpha value is -2.08. The Morgan fingerprint density at radius 3 is 2.83 bits per heavy atom. The first-order valence-corrected chi connectivity index (χ1v) is 7.93. The van der Waals surface area contributed by atoms with Crippen LogP contribution in [0.25, 0.3) is 0 Å². The average molecular weight is 317 g/mol. The van der Waals surface area contributed by atoms with Gasteiger partial charge >= 0.3 is 0 Å². The van der Waals surface area contributed by atoms with E-state index in [9.17, 15) is 4.79 Å². The summed E-state index contributed by atoms with van der Waals surface area (Å²) in [6.07, 6.45) is 1.99. The van der Waals surface area contributed by atoms with E-state index in [0.29, 0.717) is 25.5 Å². The lowest BCUT2D eigenvalue weighted by Crippen LogP contribution is -2.45. The summed E-state index contributed by atoms with van der Waals surface area (Å²) in [5, 5.41) is 3.97. The smallest absolute Gasteiger partial charge is 0.230 e. The molecule has 124 valence electrons. The van der Waals surface area contributed by atoms with Crippen LogP contribution in [-0.4, -0.2) is 40.3 Å². The maximum absolute atomic E-state index is 13.1. The number of ether oxygens (including phenoxy) is 1. The van der Waals surface area contributed by atoms with Gasteiger partial charge in [-0.25, -0.2) is 0 Å². The molecule has 2 unspecified atom stereocenters. The number of carbonyl (C=O) groups is 1. The normalized spacial score (nSPS) is 19.8. The summed E-state index contributed by atoms with van der Waals surface area (Å²) in [5.74, 6) is 0.531. The lowest BCUT2D eigenvalue weighted by molar-refractivity contribution is -0.141. The van der Waals surface area contributed by atoms with Crippen LogP contribution in [0.5, 0.6) is 0 Å². The fourth-order valence-corrected chi connectivity index (χ4v) is 3.41. The third kappa shape index (κ3) is 2.79. The molecule has 1 aliphatic heterocycles. The van der Waals surface area contributed by atoms with Crippen LogP contribution >= 0.6 is 0 Å². The quantitative estimate of drug-likeness (QED) is 0.872. The predicted molar refractivity (Wildman–Crippen MR) is 85.1 cm³/mol. The Balaban J connectivity index is 1.89. The van der Waals surface area contributed by atoms with Crippen LogP contribution in [0.3, 0.4) is 0 Å². The summed E-state index contributed by atoms with van der Waals surface area (Å²) in [6, 6.07) is 3.98. The average Bonchev–Trinajstić information content (AvgIpc) is 3.11. The van der Waals surface area contributed by atoms with Crippen LogP contribution in [0.4, 0.5) is 0 Å². The second-order valence-electron chi connectivity index (χ2n) is 6.13. The first-order chi connectivity index (χ1) is 11.0. The summed E-state index contributed by atoms with van der Waals surface area (Å²) in [5.41, 5.74) is 2.77. The molecular formula is C17H23N3O3. The van der Waals surface area contributed by atoms with Gasteiger partial charge in [0.25, 0.3) is 0 Å². The lowest BCUT2D eigenvalue weighted by atomic mass is 9.96. The highest BCUT2D eigenvalue weighted by atomic mass is 16.5. The second kappa shape index (κ2) is 6.20. The molecule has 0 saturated carbocycles. The van der Waals surface area contributed by atoms with E-state index in [-0.39, 0.29) is 17.9 Å². The molecule has 0 bridgehead atoms.